The summed E-state index contributed by atoms with van der Waals surface area (Å²) >= 11 is 0. The van der Waals surface area contributed by atoms with Crippen LogP contribution in [-0.4, -0.2) is 19.6 Å². The molecule has 1 aromatic carbocycles. The van der Waals surface area contributed by atoms with Gasteiger partial charge in [-0.2, -0.15) is 0 Å². The number of halogens is 1. The van der Waals surface area contributed by atoms with Crippen LogP contribution in [0.15, 0.2) is 29.3 Å². The normalized spacial score (nSPS) is 10.8. The molecule has 0 fully saturated rings. The molecule has 114 valence electrons. The van der Waals surface area contributed by atoms with Gasteiger partial charge in [-0.05, 0) is 12.5 Å². The number of nitrogens with one attached hydrogen (secondary N) is 1. The Labute approximate surface area is 139 Å². The van der Waals surface area contributed by atoms with Crippen LogP contribution >= 0.6 is 24.0 Å². The van der Waals surface area contributed by atoms with Gasteiger partial charge in [0.25, 0.3) is 0 Å². The molecule has 0 bridgehead atoms. The summed E-state index contributed by atoms with van der Waals surface area (Å²) in [4.78, 5) is 4.32. The second-order valence-corrected chi connectivity index (χ2v) is 4.50. The van der Waals surface area contributed by atoms with E-state index in [1.165, 1.54) is 19.3 Å². The highest BCUT2D eigenvalue weighted by molar-refractivity contribution is 14.0. The average Bonchev–Trinajstić information content (AvgIpc) is 2.45. The van der Waals surface area contributed by atoms with E-state index in [1.54, 1.807) is 7.11 Å². The Bertz CT molecular complexity index is 396. The van der Waals surface area contributed by atoms with Crippen LogP contribution in [0, 0.1) is 0 Å². The highest BCUT2D eigenvalue weighted by Gasteiger charge is 2.00. The fourth-order valence-corrected chi connectivity index (χ4v) is 1.83. The number of ether oxygens (including phenoxy) is 1. The van der Waals surface area contributed by atoms with Crippen molar-refractivity contribution in [1.29, 1.82) is 0 Å². The number of hydrogen-bond donors (Lipinski definition) is 2. The predicted octanol–water partition coefficient (Wildman–Crippen LogP) is 3.30. The highest BCUT2D eigenvalue weighted by atomic mass is 127. The summed E-state index contributed by atoms with van der Waals surface area (Å²) in [5.41, 5.74) is 6.87. The Balaban J connectivity index is 0.00000361. The zero-order valence-corrected chi connectivity index (χ0v) is 14.7. The van der Waals surface area contributed by atoms with Crippen molar-refractivity contribution in [2.75, 3.05) is 13.7 Å². The number of nitrogens with two attached hydrogens (primary N) is 1. The molecule has 0 heterocycles. The lowest BCUT2D eigenvalue weighted by Gasteiger charge is -2.07. The summed E-state index contributed by atoms with van der Waals surface area (Å²) in [6.45, 7) is 3.63. The van der Waals surface area contributed by atoms with Gasteiger partial charge in [0.15, 0.2) is 5.96 Å². The lowest BCUT2D eigenvalue weighted by Crippen LogP contribution is -2.32. The van der Waals surface area contributed by atoms with Gasteiger partial charge in [-0.1, -0.05) is 44.4 Å². The molecule has 20 heavy (non-hydrogen) atoms. The number of benzene rings is 1. The molecule has 3 N–H and O–H groups in total. The van der Waals surface area contributed by atoms with E-state index in [1.807, 2.05) is 24.3 Å². The summed E-state index contributed by atoms with van der Waals surface area (Å²) in [5.74, 6) is 1.35. The molecule has 0 radical (unpaired) electrons. The van der Waals surface area contributed by atoms with Crippen molar-refractivity contribution in [2.24, 2.45) is 10.7 Å². The molecular formula is C15H26IN3O. The average molecular weight is 391 g/mol. The first-order valence-electron chi connectivity index (χ1n) is 6.93. The smallest absolute Gasteiger partial charge is 0.188 e. The van der Waals surface area contributed by atoms with E-state index < -0.39 is 0 Å². The van der Waals surface area contributed by atoms with Crippen LogP contribution in [0.4, 0.5) is 0 Å². The number of rotatable bonds is 8. The second kappa shape index (κ2) is 11.8. The summed E-state index contributed by atoms with van der Waals surface area (Å²) in [6, 6.07) is 7.85. The molecule has 0 saturated heterocycles. The van der Waals surface area contributed by atoms with Gasteiger partial charge in [0.05, 0.1) is 13.7 Å². The molecule has 0 unspecified atom stereocenters. The number of unbranched alkanes of at least 4 members (excludes halogenated alkanes) is 3. The van der Waals surface area contributed by atoms with Crippen molar-refractivity contribution < 1.29 is 4.74 Å². The molecule has 0 saturated carbocycles. The third kappa shape index (κ3) is 7.57. The van der Waals surface area contributed by atoms with Gasteiger partial charge >= 0.3 is 0 Å². The van der Waals surface area contributed by atoms with Gasteiger partial charge in [0.2, 0.25) is 0 Å². The van der Waals surface area contributed by atoms with E-state index in [0.29, 0.717) is 12.5 Å². The van der Waals surface area contributed by atoms with E-state index >= 15 is 0 Å². The van der Waals surface area contributed by atoms with Crippen LogP contribution in [0.5, 0.6) is 5.75 Å². The maximum Gasteiger partial charge on any atom is 0.188 e. The maximum atomic E-state index is 5.83. The van der Waals surface area contributed by atoms with E-state index in [2.05, 4.69) is 17.2 Å². The highest BCUT2D eigenvalue weighted by Crippen LogP contribution is 2.17. The maximum absolute atomic E-state index is 5.83. The summed E-state index contributed by atoms with van der Waals surface area (Å²) < 4.78 is 5.27. The van der Waals surface area contributed by atoms with Crippen LogP contribution in [0.1, 0.15) is 38.2 Å². The van der Waals surface area contributed by atoms with Crippen molar-refractivity contribution in [3.8, 4) is 5.75 Å². The van der Waals surface area contributed by atoms with Gasteiger partial charge in [-0.25, -0.2) is 4.99 Å². The Morgan fingerprint density at radius 2 is 2.00 bits per heavy atom. The van der Waals surface area contributed by atoms with Gasteiger partial charge in [-0.15, -0.1) is 24.0 Å². The van der Waals surface area contributed by atoms with Crippen molar-refractivity contribution in [3.63, 3.8) is 0 Å². The van der Waals surface area contributed by atoms with Crippen LogP contribution in [0.2, 0.25) is 0 Å². The SMILES string of the molecule is CCCCCCNC(N)=NCc1ccccc1OC.I. The molecule has 0 aliphatic rings. The Morgan fingerprint density at radius 3 is 2.70 bits per heavy atom. The monoisotopic (exact) mass is 391 g/mol. The number of para-hydroxylation sites is 1. The summed E-state index contributed by atoms with van der Waals surface area (Å²) in [7, 11) is 1.66. The third-order valence-corrected chi connectivity index (χ3v) is 2.95. The van der Waals surface area contributed by atoms with E-state index in [-0.39, 0.29) is 24.0 Å². The van der Waals surface area contributed by atoms with Crippen molar-refractivity contribution in [3.05, 3.63) is 29.8 Å². The van der Waals surface area contributed by atoms with E-state index in [4.69, 9.17) is 10.5 Å². The quantitative estimate of drug-likeness (QED) is 0.310. The van der Waals surface area contributed by atoms with E-state index in [0.717, 1.165) is 24.3 Å². The van der Waals surface area contributed by atoms with Crippen LogP contribution in [-0.2, 0) is 6.54 Å². The van der Waals surface area contributed by atoms with Crippen molar-refractivity contribution >= 4 is 29.9 Å². The zero-order valence-electron chi connectivity index (χ0n) is 12.4. The van der Waals surface area contributed by atoms with Gasteiger partial charge in [-0.3, -0.25) is 0 Å². The van der Waals surface area contributed by atoms with Gasteiger partial charge < -0.3 is 15.8 Å². The molecule has 5 heteroatoms. The largest absolute Gasteiger partial charge is 0.496 e. The minimum absolute atomic E-state index is 0. The first kappa shape index (κ1) is 19.0. The Morgan fingerprint density at radius 1 is 1.25 bits per heavy atom. The summed E-state index contributed by atoms with van der Waals surface area (Å²) in [6.07, 6.45) is 4.90. The second-order valence-electron chi connectivity index (χ2n) is 4.50. The Kier molecular flexibility index (Phi) is 11.2. The number of guanidine groups is 1. The van der Waals surface area contributed by atoms with Crippen LogP contribution < -0.4 is 15.8 Å². The predicted molar refractivity (Wildman–Crippen MR) is 95.9 cm³/mol. The standard InChI is InChI=1S/C15H25N3O.HI/c1-3-4-5-8-11-17-15(16)18-12-13-9-6-7-10-14(13)19-2;/h6-7,9-10H,3-5,8,11-12H2,1-2H3,(H3,16,17,18);1H. The number of hydrogen-bond acceptors (Lipinski definition) is 2. The number of aliphatic imine (C=N–C) groups is 1. The van der Waals surface area contributed by atoms with Crippen LogP contribution in [0.25, 0.3) is 0 Å². The molecule has 0 aliphatic carbocycles. The van der Waals surface area contributed by atoms with Crippen molar-refractivity contribution in [2.45, 2.75) is 39.2 Å². The molecule has 4 nitrogen and oxygen atoms in total. The van der Waals surface area contributed by atoms with E-state index in [9.17, 15) is 0 Å². The molecule has 0 spiro atoms. The molecule has 0 aromatic heterocycles. The lowest BCUT2D eigenvalue weighted by molar-refractivity contribution is 0.410. The molecular weight excluding hydrogens is 365 g/mol. The van der Waals surface area contributed by atoms with Crippen molar-refractivity contribution in [1.82, 2.24) is 5.32 Å². The lowest BCUT2D eigenvalue weighted by atomic mass is 10.2. The first-order chi connectivity index (χ1) is 9.27. The topological polar surface area (TPSA) is 59.6 Å². The molecule has 0 aliphatic heterocycles. The van der Waals surface area contributed by atoms with Gasteiger partial charge in [0, 0.05) is 12.1 Å². The number of methoxy groups -OCH3 is 1. The number of nitrogens with zero attached hydrogens (tertiary/aromatic N) is 1. The van der Waals surface area contributed by atoms with Crippen LogP contribution in [0.3, 0.4) is 0 Å². The molecule has 1 rings (SSSR count). The molecule has 0 amide bonds. The fourth-order valence-electron chi connectivity index (χ4n) is 1.83. The van der Waals surface area contributed by atoms with Gasteiger partial charge in [0.1, 0.15) is 5.75 Å². The first-order valence-corrected chi connectivity index (χ1v) is 6.93. The molecule has 1 aromatic rings. The minimum atomic E-state index is 0. The summed E-state index contributed by atoms with van der Waals surface area (Å²) in [5, 5.41) is 3.14. The Hall–Kier alpha value is -0.980. The fraction of sp³-hybridized carbons (Fsp3) is 0.533. The zero-order chi connectivity index (χ0) is 13.9. The third-order valence-electron chi connectivity index (χ3n) is 2.95. The minimum Gasteiger partial charge on any atom is -0.496 e. The molecule has 0 atom stereocenters.